The van der Waals surface area contributed by atoms with Crippen LogP contribution in [0.5, 0.6) is 0 Å². The predicted molar refractivity (Wildman–Crippen MR) is 54.0 cm³/mol. The first kappa shape index (κ1) is 12.2. The number of allylic oxidation sites excluding steroid dienone is 2. The second-order valence-electron chi connectivity index (χ2n) is 3.62. The zero-order valence-corrected chi connectivity index (χ0v) is 9.28. The summed E-state index contributed by atoms with van der Waals surface area (Å²) in [7, 11) is 2.44. The number of rotatable bonds is 2. The van der Waals surface area contributed by atoms with Crippen molar-refractivity contribution in [1.29, 1.82) is 5.26 Å². The molecule has 0 aromatic carbocycles. The molecular formula is C11H13NO4. The first-order chi connectivity index (χ1) is 7.60. The Labute approximate surface area is 93.6 Å². The summed E-state index contributed by atoms with van der Waals surface area (Å²) in [6, 6.07) is 1.96. The Morgan fingerprint density at radius 1 is 1.38 bits per heavy atom. The molecule has 0 bridgehead atoms. The van der Waals surface area contributed by atoms with Gasteiger partial charge in [-0.25, -0.2) is 0 Å². The maximum atomic E-state index is 11.7. The van der Waals surface area contributed by atoms with Crippen molar-refractivity contribution in [2.24, 2.45) is 5.41 Å². The number of hydrogen-bond donors (Lipinski definition) is 0. The molecule has 0 saturated carbocycles. The lowest BCUT2D eigenvalue weighted by Crippen LogP contribution is -2.42. The van der Waals surface area contributed by atoms with Gasteiger partial charge in [-0.1, -0.05) is 6.08 Å². The number of ether oxygens (including phenoxy) is 2. The molecule has 1 aliphatic carbocycles. The summed E-state index contributed by atoms with van der Waals surface area (Å²) in [4.78, 5) is 23.4. The topological polar surface area (TPSA) is 76.4 Å². The number of carbonyl (C=O) groups excluding carboxylic acids is 2. The van der Waals surface area contributed by atoms with Crippen molar-refractivity contribution in [3.05, 3.63) is 11.6 Å². The number of hydrogen-bond acceptors (Lipinski definition) is 5. The summed E-state index contributed by atoms with van der Waals surface area (Å²) >= 11 is 0. The molecule has 5 nitrogen and oxygen atoms in total. The van der Waals surface area contributed by atoms with Crippen LogP contribution in [-0.2, 0) is 19.1 Å². The SMILES string of the molecule is COC(=O)C1(C(=O)OC)CCC=C(C#N)C1. The smallest absolute Gasteiger partial charge is 0.323 e. The number of esters is 2. The molecule has 0 atom stereocenters. The van der Waals surface area contributed by atoms with Crippen LogP contribution in [0.25, 0.3) is 0 Å². The molecular weight excluding hydrogens is 210 g/mol. The molecule has 0 unspecified atom stereocenters. The van der Waals surface area contributed by atoms with Crippen molar-refractivity contribution in [2.45, 2.75) is 19.3 Å². The summed E-state index contributed by atoms with van der Waals surface area (Å²) in [5.41, 5.74) is -0.925. The van der Waals surface area contributed by atoms with Crippen molar-refractivity contribution in [1.82, 2.24) is 0 Å². The fourth-order valence-corrected chi connectivity index (χ4v) is 1.89. The highest BCUT2D eigenvalue weighted by molar-refractivity contribution is 6.00. The Balaban J connectivity index is 3.08. The molecule has 0 aromatic heterocycles. The van der Waals surface area contributed by atoms with Crippen LogP contribution in [0.4, 0.5) is 0 Å². The van der Waals surface area contributed by atoms with Crippen LogP contribution in [0.3, 0.4) is 0 Å². The molecule has 16 heavy (non-hydrogen) atoms. The van der Waals surface area contributed by atoms with Crippen LogP contribution in [-0.4, -0.2) is 26.2 Å². The molecule has 0 heterocycles. The van der Waals surface area contributed by atoms with E-state index in [1.807, 2.05) is 6.07 Å². The summed E-state index contributed by atoms with van der Waals surface area (Å²) in [5.74, 6) is -1.28. The van der Waals surface area contributed by atoms with E-state index in [-0.39, 0.29) is 6.42 Å². The normalized spacial score (nSPS) is 17.9. The lowest BCUT2D eigenvalue weighted by atomic mass is 9.74. The van der Waals surface area contributed by atoms with E-state index in [0.717, 1.165) is 0 Å². The van der Waals surface area contributed by atoms with Crippen LogP contribution < -0.4 is 0 Å². The van der Waals surface area contributed by atoms with Crippen molar-refractivity contribution in [2.75, 3.05) is 14.2 Å². The first-order valence-corrected chi connectivity index (χ1v) is 4.86. The molecule has 0 amide bonds. The second kappa shape index (κ2) is 4.79. The molecule has 86 valence electrons. The average molecular weight is 223 g/mol. The number of nitrogens with zero attached hydrogens (tertiary/aromatic N) is 1. The van der Waals surface area contributed by atoms with Crippen molar-refractivity contribution in [3.8, 4) is 6.07 Å². The Hall–Kier alpha value is -1.83. The standard InChI is InChI=1S/C11H13NO4/c1-15-9(13)11(10(14)16-2)5-3-4-8(6-11)7-12/h4H,3,5-6H2,1-2H3. The van der Waals surface area contributed by atoms with Crippen LogP contribution >= 0.6 is 0 Å². The Morgan fingerprint density at radius 3 is 2.38 bits per heavy atom. The fourth-order valence-electron chi connectivity index (χ4n) is 1.89. The maximum Gasteiger partial charge on any atom is 0.323 e. The van der Waals surface area contributed by atoms with E-state index in [4.69, 9.17) is 5.26 Å². The highest BCUT2D eigenvalue weighted by atomic mass is 16.5. The Bertz CT molecular complexity index is 362. The van der Waals surface area contributed by atoms with Crippen LogP contribution in [0.2, 0.25) is 0 Å². The summed E-state index contributed by atoms with van der Waals surface area (Å²) in [6.07, 6.45) is 2.59. The van der Waals surface area contributed by atoms with E-state index >= 15 is 0 Å². The number of nitriles is 1. The van der Waals surface area contributed by atoms with Gasteiger partial charge in [0.15, 0.2) is 5.41 Å². The lowest BCUT2D eigenvalue weighted by molar-refractivity contribution is -0.169. The van der Waals surface area contributed by atoms with E-state index in [9.17, 15) is 9.59 Å². The Morgan fingerprint density at radius 2 is 1.94 bits per heavy atom. The van der Waals surface area contributed by atoms with Gasteiger partial charge < -0.3 is 9.47 Å². The van der Waals surface area contributed by atoms with Crippen molar-refractivity contribution < 1.29 is 19.1 Å². The first-order valence-electron chi connectivity index (χ1n) is 4.86. The summed E-state index contributed by atoms with van der Waals surface area (Å²) < 4.78 is 9.26. The van der Waals surface area contributed by atoms with Crippen LogP contribution in [0.15, 0.2) is 11.6 Å². The van der Waals surface area contributed by atoms with Gasteiger partial charge in [-0.05, 0) is 12.8 Å². The van der Waals surface area contributed by atoms with E-state index in [0.29, 0.717) is 18.4 Å². The molecule has 5 heteroatoms. The number of carbonyl (C=O) groups is 2. The highest BCUT2D eigenvalue weighted by Gasteiger charge is 2.49. The minimum Gasteiger partial charge on any atom is -0.468 e. The van der Waals surface area contributed by atoms with Gasteiger partial charge in [0.2, 0.25) is 0 Å². The predicted octanol–water partition coefficient (Wildman–Crippen LogP) is 0.953. The third-order valence-electron chi connectivity index (χ3n) is 2.75. The maximum absolute atomic E-state index is 11.7. The fraction of sp³-hybridized carbons (Fsp3) is 0.545. The quantitative estimate of drug-likeness (QED) is 0.514. The largest absolute Gasteiger partial charge is 0.468 e. The van der Waals surface area contributed by atoms with Gasteiger partial charge in [0.25, 0.3) is 0 Å². The van der Waals surface area contributed by atoms with Crippen molar-refractivity contribution in [3.63, 3.8) is 0 Å². The second-order valence-corrected chi connectivity index (χ2v) is 3.62. The van der Waals surface area contributed by atoms with Gasteiger partial charge >= 0.3 is 11.9 Å². The molecule has 0 aliphatic heterocycles. The van der Waals surface area contributed by atoms with E-state index in [2.05, 4.69) is 9.47 Å². The number of methoxy groups -OCH3 is 2. The molecule has 0 aromatic rings. The zero-order valence-electron chi connectivity index (χ0n) is 9.28. The van der Waals surface area contributed by atoms with Crippen molar-refractivity contribution >= 4 is 11.9 Å². The average Bonchev–Trinajstić information content (AvgIpc) is 2.36. The lowest BCUT2D eigenvalue weighted by Gasteiger charge is -2.29. The molecule has 1 aliphatic rings. The zero-order chi connectivity index (χ0) is 12.2. The van der Waals surface area contributed by atoms with Gasteiger partial charge in [0.1, 0.15) is 0 Å². The minimum atomic E-state index is -1.34. The van der Waals surface area contributed by atoms with Gasteiger partial charge in [-0.3, -0.25) is 9.59 Å². The molecule has 1 rings (SSSR count). The van der Waals surface area contributed by atoms with E-state index in [1.165, 1.54) is 14.2 Å². The molecule has 0 radical (unpaired) electrons. The molecule has 0 saturated heterocycles. The van der Waals surface area contributed by atoms with E-state index < -0.39 is 17.4 Å². The molecule has 0 spiro atoms. The summed E-state index contributed by atoms with van der Waals surface area (Å²) in [6.45, 7) is 0. The third kappa shape index (κ3) is 1.91. The molecule has 0 N–H and O–H groups in total. The monoisotopic (exact) mass is 223 g/mol. The Kier molecular flexibility index (Phi) is 3.67. The van der Waals surface area contributed by atoms with Gasteiger partial charge in [-0.2, -0.15) is 5.26 Å². The minimum absolute atomic E-state index is 0.0584. The van der Waals surface area contributed by atoms with Gasteiger partial charge in [0, 0.05) is 12.0 Å². The van der Waals surface area contributed by atoms with Crippen LogP contribution in [0.1, 0.15) is 19.3 Å². The highest BCUT2D eigenvalue weighted by Crippen LogP contribution is 2.38. The molecule has 0 fully saturated rings. The third-order valence-corrected chi connectivity index (χ3v) is 2.75. The van der Waals surface area contributed by atoms with Gasteiger partial charge in [-0.15, -0.1) is 0 Å². The van der Waals surface area contributed by atoms with E-state index in [1.54, 1.807) is 6.08 Å². The van der Waals surface area contributed by atoms with Gasteiger partial charge in [0.05, 0.1) is 20.3 Å². The van der Waals surface area contributed by atoms with Crippen LogP contribution in [0, 0.1) is 16.7 Å². The summed E-state index contributed by atoms with van der Waals surface area (Å²) in [5, 5.41) is 8.81.